The fraction of sp³-hybridized carbons (Fsp3) is 0.286. The molecular weight excluding hydrogens is 249 g/mol. The quantitative estimate of drug-likeness (QED) is 0.796. The molecule has 1 heterocycles. The smallest absolute Gasteiger partial charge is 0.338 e. The highest BCUT2D eigenvalue weighted by molar-refractivity contribution is 5.97. The largest absolute Gasteiger partial charge is 0.494 e. The van der Waals surface area contributed by atoms with Gasteiger partial charge in [0.25, 0.3) is 0 Å². The van der Waals surface area contributed by atoms with Crippen molar-refractivity contribution < 1.29 is 18.7 Å². The van der Waals surface area contributed by atoms with Gasteiger partial charge in [-0.05, 0) is 25.1 Å². The van der Waals surface area contributed by atoms with Crippen molar-refractivity contribution in [3.8, 4) is 5.75 Å². The average molecular weight is 263 g/mol. The minimum Gasteiger partial charge on any atom is -0.494 e. The van der Waals surface area contributed by atoms with Crippen LogP contribution in [0.4, 0.5) is 4.39 Å². The number of esters is 1. The number of pyridine rings is 1. The van der Waals surface area contributed by atoms with E-state index in [1.54, 1.807) is 25.1 Å². The lowest BCUT2D eigenvalue weighted by atomic mass is 10.1. The molecule has 0 saturated heterocycles. The Labute approximate surface area is 110 Å². The van der Waals surface area contributed by atoms with E-state index in [-0.39, 0.29) is 0 Å². The normalized spacial score (nSPS) is 10.5. The van der Waals surface area contributed by atoms with Crippen molar-refractivity contribution in [2.75, 3.05) is 13.7 Å². The van der Waals surface area contributed by atoms with Crippen LogP contribution in [-0.4, -0.2) is 24.7 Å². The van der Waals surface area contributed by atoms with Crippen molar-refractivity contribution in [3.63, 3.8) is 0 Å². The topological polar surface area (TPSA) is 48.4 Å². The number of fused-ring (bicyclic) bond motifs is 1. The van der Waals surface area contributed by atoms with Gasteiger partial charge in [0.15, 0.2) is 0 Å². The first-order chi connectivity index (χ1) is 9.19. The maximum absolute atomic E-state index is 12.7. The molecule has 1 aromatic carbocycles. The van der Waals surface area contributed by atoms with Gasteiger partial charge in [-0.3, -0.25) is 4.98 Å². The molecule has 4 nitrogen and oxygen atoms in total. The molecule has 0 radical (unpaired) electrons. The number of carbonyl (C=O) groups is 1. The second-order valence-corrected chi connectivity index (χ2v) is 3.95. The highest BCUT2D eigenvalue weighted by Gasteiger charge is 2.12. The number of rotatable bonds is 4. The summed E-state index contributed by atoms with van der Waals surface area (Å²) in [5.41, 5.74) is 1.41. The Morgan fingerprint density at radius 1 is 1.37 bits per heavy atom. The van der Waals surface area contributed by atoms with Gasteiger partial charge in [0, 0.05) is 17.1 Å². The van der Waals surface area contributed by atoms with E-state index >= 15 is 0 Å². The Bertz CT molecular complexity index is 613. The molecule has 0 atom stereocenters. The third kappa shape index (κ3) is 2.65. The molecule has 2 aromatic rings. The number of carbonyl (C=O) groups excluding carboxylic acids is 1. The summed E-state index contributed by atoms with van der Waals surface area (Å²) < 4.78 is 22.8. The van der Waals surface area contributed by atoms with Crippen molar-refractivity contribution in [1.29, 1.82) is 0 Å². The third-order valence-electron chi connectivity index (χ3n) is 2.69. The highest BCUT2D eigenvalue weighted by atomic mass is 19.1. The van der Waals surface area contributed by atoms with Crippen LogP contribution in [0.5, 0.6) is 5.75 Å². The molecule has 19 heavy (non-hydrogen) atoms. The predicted octanol–water partition coefficient (Wildman–Crippen LogP) is 2.89. The van der Waals surface area contributed by atoms with Crippen LogP contribution in [0.1, 0.15) is 22.8 Å². The summed E-state index contributed by atoms with van der Waals surface area (Å²) in [5, 5.41) is 0.651. The number of hydrogen-bond acceptors (Lipinski definition) is 4. The molecule has 5 heteroatoms. The van der Waals surface area contributed by atoms with Crippen molar-refractivity contribution >= 4 is 16.9 Å². The van der Waals surface area contributed by atoms with Gasteiger partial charge in [-0.2, -0.15) is 0 Å². The maximum atomic E-state index is 12.7. The van der Waals surface area contributed by atoms with Crippen LogP contribution in [0.3, 0.4) is 0 Å². The van der Waals surface area contributed by atoms with E-state index in [9.17, 15) is 9.18 Å². The second-order valence-electron chi connectivity index (χ2n) is 3.95. The number of nitrogens with zero attached hydrogens (tertiary/aromatic N) is 1. The lowest BCUT2D eigenvalue weighted by Gasteiger charge is -2.09. The fourth-order valence-electron chi connectivity index (χ4n) is 1.82. The lowest BCUT2D eigenvalue weighted by molar-refractivity contribution is 0.0526. The van der Waals surface area contributed by atoms with Gasteiger partial charge in [-0.25, -0.2) is 9.18 Å². The van der Waals surface area contributed by atoms with E-state index in [2.05, 4.69) is 4.98 Å². The summed E-state index contributed by atoms with van der Waals surface area (Å²) in [6.07, 6.45) is 1.45. The first kappa shape index (κ1) is 13.3. The Morgan fingerprint density at radius 2 is 2.16 bits per heavy atom. The minimum absolute atomic E-state index is 0.294. The van der Waals surface area contributed by atoms with E-state index in [1.165, 1.54) is 13.3 Å². The van der Waals surface area contributed by atoms with Gasteiger partial charge in [-0.1, -0.05) is 0 Å². The van der Waals surface area contributed by atoms with Gasteiger partial charge in [0.1, 0.15) is 17.9 Å². The van der Waals surface area contributed by atoms with Crippen LogP contribution in [0, 0.1) is 0 Å². The molecule has 100 valence electrons. The summed E-state index contributed by atoms with van der Waals surface area (Å²) in [5.74, 6) is 0.0271. The molecule has 0 saturated carbocycles. The average Bonchev–Trinajstić information content (AvgIpc) is 2.45. The number of alkyl halides is 1. The Hall–Kier alpha value is -2.17. The van der Waals surface area contributed by atoms with E-state index in [0.29, 0.717) is 34.4 Å². The monoisotopic (exact) mass is 263 g/mol. The number of benzene rings is 1. The number of aromatic nitrogens is 1. The predicted molar refractivity (Wildman–Crippen MR) is 69.1 cm³/mol. The number of ether oxygens (including phenoxy) is 2. The molecule has 1 aromatic heterocycles. The van der Waals surface area contributed by atoms with E-state index in [4.69, 9.17) is 9.47 Å². The third-order valence-corrected chi connectivity index (χ3v) is 2.69. The van der Waals surface area contributed by atoms with Crippen molar-refractivity contribution in [1.82, 2.24) is 4.98 Å². The summed E-state index contributed by atoms with van der Waals surface area (Å²) in [7, 11) is 1.49. The Kier molecular flexibility index (Phi) is 3.94. The lowest BCUT2D eigenvalue weighted by Crippen LogP contribution is -2.05. The Balaban J connectivity index is 2.59. The van der Waals surface area contributed by atoms with Crippen LogP contribution in [-0.2, 0) is 11.4 Å². The van der Waals surface area contributed by atoms with Crippen LogP contribution >= 0.6 is 0 Å². The summed E-state index contributed by atoms with van der Waals surface area (Å²) in [4.78, 5) is 15.9. The van der Waals surface area contributed by atoms with E-state index in [1.807, 2.05) is 0 Å². The van der Waals surface area contributed by atoms with Crippen molar-refractivity contribution in [2.45, 2.75) is 13.6 Å². The molecule has 0 N–H and O–H groups in total. The minimum atomic E-state index is -0.602. The van der Waals surface area contributed by atoms with E-state index in [0.717, 1.165) is 0 Å². The number of halogens is 1. The molecule has 0 bridgehead atoms. The maximum Gasteiger partial charge on any atom is 0.338 e. The molecule has 0 spiro atoms. The van der Waals surface area contributed by atoms with E-state index < -0.39 is 12.6 Å². The van der Waals surface area contributed by atoms with Crippen LogP contribution in [0.2, 0.25) is 0 Å². The molecule has 0 amide bonds. The Morgan fingerprint density at radius 3 is 2.79 bits per heavy atom. The summed E-state index contributed by atoms with van der Waals surface area (Å²) in [6.45, 7) is 1.43. The standard InChI is InChI=1S/C14H14FNO3/c1-3-19-14(17)11-5-10-4-9(7-15)8-16-13(10)12(6-11)18-2/h4-6,8H,3,7H2,1-2H3. The first-order valence-electron chi connectivity index (χ1n) is 5.89. The molecule has 0 aliphatic carbocycles. The highest BCUT2D eigenvalue weighted by Crippen LogP contribution is 2.27. The fourth-order valence-corrected chi connectivity index (χ4v) is 1.82. The molecule has 0 aliphatic heterocycles. The molecule has 0 fully saturated rings. The number of methoxy groups -OCH3 is 1. The van der Waals surface area contributed by atoms with Crippen molar-refractivity contribution in [2.24, 2.45) is 0 Å². The molecule has 2 rings (SSSR count). The molecule has 0 aliphatic rings. The van der Waals surface area contributed by atoms with Crippen LogP contribution in [0.25, 0.3) is 10.9 Å². The zero-order valence-electron chi connectivity index (χ0n) is 10.8. The van der Waals surface area contributed by atoms with Crippen LogP contribution in [0.15, 0.2) is 24.4 Å². The van der Waals surface area contributed by atoms with Gasteiger partial charge in [-0.15, -0.1) is 0 Å². The first-order valence-corrected chi connectivity index (χ1v) is 5.89. The second kappa shape index (κ2) is 5.65. The number of hydrogen-bond donors (Lipinski definition) is 0. The van der Waals surface area contributed by atoms with Crippen LogP contribution < -0.4 is 4.74 Å². The summed E-state index contributed by atoms with van der Waals surface area (Å²) >= 11 is 0. The van der Waals surface area contributed by atoms with Gasteiger partial charge in [0.05, 0.1) is 19.3 Å². The zero-order valence-corrected chi connectivity index (χ0v) is 10.8. The summed E-state index contributed by atoms with van der Waals surface area (Å²) in [6, 6.07) is 4.85. The van der Waals surface area contributed by atoms with Crippen molar-refractivity contribution in [3.05, 3.63) is 35.5 Å². The van der Waals surface area contributed by atoms with Gasteiger partial charge < -0.3 is 9.47 Å². The zero-order chi connectivity index (χ0) is 13.8. The van der Waals surface area contributed by atoms with Gasteiger partial charge in [0.2, 0.25) is 0 Å². The SMILES string of the molecule is CCOC(=O)c1cc(OC)c2ncc(CF)cc2c1. The molecule has 0 unspecified atom stereocenters. The van der Waals surface area contributed by atoms with Gasteiger partial charge >= 0.3 is 5.97 Å². The molecular formula is C14H14FNO3.